The maximum absolute atomic E-state index is 10.2. The minimum atomic E-state index is 0.241. The molecule has 1 aliphatic heterocycles. The average molecular weight is 242 g/mol. The van der Waals surface area contributed by atoms with E-state index in [1.54, 1.807) is 6.07 Å². The quantitative estimate of drug-likeness (QED) is 0.804. The van der Waals surface area contributed by atoms with Crippen LogP contribution in [0.1, 0.15) is 11.6 Å². The standard InChI is InChI=1S/C15H18N2O/c1-17-9-8-16-10-13(17)15-12-5-3-2-4-11(12)6-7-14(15)18/h2-7,13,16,18H,8-10H2,1H3. The van der Waals surface area contributed by atoms with Crippen LogP contribution in [0, 0.1) is 0 Å². The number of nitrogens with zero attached hydrogens (tertiary/aromatic N) is 1. The van der Waals surface area contributed by atoms with Gasteiger partial charge in [0.2, 0.25) is 0 Å². The van der Waals surface area contributed by atoms with E-state index >= 15 is 0 Å². The summed E-state index contributed by atoms with van der Waals surface area (Å²) in [7, 11) is 2.12. The number of benzene rings is 2. The zero-order valence-corrected chi connectivity index (χ0v) is 10.6. The first-order valence-corrected chi connectivity index (χ1v) is 6.39. The molecule has 1 aliphatic rings. The van der Waals surface area contributed by atoms with Crippen LogP contribution in [0.15, 0.2) is 36.4 Å². The van der Waals surface area contributed by atoms with Crippen LogP contribution in [0.25, 0.3) is 10.8 Å². The molecule has 3 heteroatoms. The second-order valence-electron chi connectivity index (χ2n) is 4.92. The highest BCUT2D eigenvalue weighted by atomic mass is 16.3. The molecule has 3 nitrogen and oxygen atoms in total. The molecule has 18 heavy (non-hydrogen) atoms. The van der Waals surface area contributed by atoms with E-state index in [1.807, 2.05) is 18.2 Å². The predicted octanol–water partition coefficient (Wildman–Crippen LogP) is 2.12. The van der Waals surface area contributed by atoms with E-state index in [0.29, 0.717) is 5.75 Å². The van der Waals surface area contributed by atoms with Crippen LogP contribution in [0.4, 0.5) is 0 Å². The third kappa shape index (κ3) is 1.85. The van der Waals surface area contributed by atoms with Crippen molar-refractivity contribution in [3.8, 4) is 5.75 Å². The Bertz CT molecular complexity index is 567. The van der Waals surface area contributed by atoms with E-state index in [0.717, 1.165) is 30.6 Å². The van der Waals surface area contributed by atoms with Gasteiger partial charge in [0.1, 0.15) is 5.75 Å². The number of hydrogen-bond donors (Lipinski definition) is 2. The summed E-state index contributed by atoms with van der Waals surface area (Å²) in [6.07, 6.45) is 0. The Kier molecular flexibility index (Phi) is 2.94. The molecule has 1 fully saturated rings. The second-order valence-corrected chi connectivity index (χ2v) is 4.92. The molecule has 0 spiro atoms. The number of phenolic OH excluding ortho intramolecular Hbond substituents is 1. The first-order valence-electron chi connectivity index (χ1n) is 6.39. The van der Waals surface area contributed by atoms with Gasteiger partial charge in [-0.1, -0.05) is 30.3 Å². The van der Waals surface area contributed by atoms with Gasteiger partial charge >= 0.3 is 0 Å². The van der Waals surface area contributed by atoms with Gasteiger partial charge in [-0.25, -0.2) is 0 Å². The van der Waals surface area contributed by atoms with Crippen molar-refractivity contribution in [3.63, 3.8) is 0 Å². The molecule has 1 atom stereocenters. The number of phenols is 1. The summed E-state index contributed by atoms with van der Waals surface area (Å²) in [5.74, 6) is 0.397. The smallest absolute Gasteiger partial charge is 0.121 e. The fourth-order valence-electron chi connectivity index (χ4n) is 2.76. The van der Waals surface area contributed by atoms with Crippen LogP contribution in [0.3, 0.4) is 0 Å². The molecule has 1 heterocycles. The highest BCUT2D eigenvalue weighted by molar-refractivity contribution is 5.88. The number of rotatable bonds is 1. The zero-order valence-electron chi connectivity index (χ0n) is 10.6. The van der Waals surface area contributed by atoms with Crippen molar-refractivity contribution in [2.75, 3.05) is 26.7 Å². The maximum Gasteiger partial charge on any atom is 0.121 e. The Morgan fingerprint density at radius 2 is 2.06 bits per heavy atom. The van der Waals surface area contributed by atoms with Crippen LogP contribution in [-0.2, 0) is 0 Å². The van der Waals surface area contributed by atoms with Gasteiger partial charge < -0.3 is 10.4 Å². The van der Waals surface area contributed by atoms with E-state index in [9.17, 15) is 5.11 Å². The molecule has 1 unspecified atom stereocenters. The third-order valence-corrected chi connectivity index (χ3v) is 3.79. The zero-order chi connectivity index (χ0) is 12.5. The van der Waals surface area contributed by atoms with Gasteiger partial charge in [-0.2, -0.15) is 0 Å². The van der Waals surface area contributed by atoms with E-state index in [4.69, 9.17) is 0 Å². The van der Waals surface area contributed by atoms with Gasteiger partial charge in [0.15, 0.2) is 0 Å². The van der Waals surface area contributed by atoms with Gasteiger partial charge in [-0.05, 0) is 23.9 Å². The largest absolute Gasteiger partial charge is 0.508 e. The lowest BCUT2D eigenvalue weighted by molar-refractivity contribution is 0.200. The second kappa shape index (κ2) is 4.59. The van der Waals surface area contributed by atoms with Gasteiger partial charge in [0, 0.05) is 25.2 Å². The molecule has 0 radical (unpaired) electrons. The van der Waals surface area contributed by atoms with Crippen molar-refractivity contribution in [2.45, 2.75) is 6.04 Å². The lowest BCUT2D eigenvalue weighted by atomic mass is 9.96. The maximum atomic E-state index is 10.2. The molecule has 3 rings (SSSR count). The number of aromatic hydroxyl groups is 1. The van der Waals surface area contributed by atoms with Crippen LogP contribution >= 0.6 is 0 Å². The number of piperazine rings is 1. The lowest BCUT2D eigenvalue weighted by Gasteiger charge is -2.34. The van der Waals surface area contributed by atoms with Gasteiger partial charge in [0.25, 0.3) is 0 Å². The first-order chi connectivity index (χ1) is 8.77. The topological polar surface area (TPSA) is 35.5 Å². The fourth-order valence-corrected chi connectivity index (χ4v) is 2.76. The molecule has 0 saturated carbocycles. The molecular weight excluding hydrogens is 224 g/mol. The summed E-state index contributed by atoms with van der Waals surface area (Å²) in [6, 6.07) is 12.3. The fraction of sp³-hybridized carbons (Fsp3) is 0.333. The van der Waals surface area contributed by atoms with Crippen LogP contribution in [-0.4, -0.2) is 36.7 Å². The van der Waals surface area contributed by atoms with Crippen molar-refractivity contribution in [2.24, 2.45) is 0 Å². The molecule has 2 aromatic rings. The highest BCUT2D eigenvalue weighted by Crippen LogP contribution is 2.35. The normalized spacial score (nSPS) is 21.3. The minimum Gasteiger partial charge on any atom is -0.508 e. The number of fused-ring (bicyclic) bond motifs is 1. The van der Waals surface area contributed by atoms with Crippen molar-refractivity contribution < 1.29 is 5.11 Å². The van der Waals surface area contributed by atoms with E-state index < -0.39 is 0 Å². The first kappa shape index (κ1) is 11.5. The van der Waals surface area contributed by atoms with Crippen LogP contribution < -0.4 is 5.32 Å². The van der Waals surface area contributed by atoms with Crippen LogP contribution in [0.5, 0.6) is 5.75 Å². The highest BCUT2D eigenvalue weighted by Gasteiger charge is 2.24. The Hall–Kier alpha value is -1.58. The average Bonchev–Trinajstić information content (AvgIpc) is 2.40. The molecule has 2 N–H and O–H groups in total. The lowest BCUT2D eigenvalue weighted by Crippen LogP contribution is -2.43. The molecule has 1 saturated heterocycles. The van der Waals surface area contributed by atoms with Crippen molar-refractivity contribution in [1.82, 2.24) is 10.2 Å². The number of hydrogen-bond acceptors (Lipinski definition) is 3. The SMILES string of the molecule is CN1CCNCC1c1c(O)ccc2ccccc12. The van der Waals surface area contributed by atoms with Gasteiger partial charge in [-0.15, -0.1) is 0 Å². The summed E-state index contributed by atoms with van der Waals surface area (Å²) in [6.45, 7) is 2.91. The Morgan fingerprint density at radius 1 is 1.22 bits per heavy atom. The Balaban J connectivity index is 2.17. The van der Waals surface area contributed by atoms with E-state index in [2.05, 4.69) is 29.4 Å². The van der Waals surface area contributed by atoms with Crippen LogP contribution in [0.2, 0.25) is 0 Å². The number of nitrogens with one attached hydrogen (secondary N) is 1. The van der Waals surface area contributed by atoms with E-state index in [1.165, 1.54) is 5.39 Å². The summed E-state index contributed by atoms with van der Waals surface area (Å²) < 4.78 is 0. The Morgan fingerprint density at radius 3 is 2.89 bits per heavy atom. The molecule has 0 aliphatic carbocycles. The van der Waals surface area contributed by atoms with Gasteiger partial charge in [-0.3, -0.25) is 4.90 Å². The molecule has 0 amide bonds. The molecular formula is C15H18N2O. The third-order valence-electron chi connectivity index (χ3n) is 3.79. The summed E-state index contributed by atoms with van der Waals surface area (Å²) in [5, 5.41) is 16.0. The van der Waals surface area contributed by atoms with Crippen molar-refractivity contribution in [1.29, 1.82) is 0 Å². The predicted molar refractivity (Wildman–Crippen MR) is 73.9 cm³/mol. The Labute approximate surface area is 107 Å². The molecule has 0 aromatic heterocycles. The summed E-state index contributed by atoms with van der Waals surface area (Å²) >= 11 is 0. The number of likely N-dealkylation sites (N-methyl/N-ethyl adjacent to an activating group) is 1. The molecule has 2 aromatic carbocycles. The summed E-state index contributed by atoms with van der Waals surface area (Å²) in [5.41, 5.74) is 1.04. The van der Waals surface area contributed by atoms with E-state index in [-0.39, 0.29) is 6.04 Å². The van der Waals surface area contributed by atoms with Crippen molar-refractivity contribution in [3.05, 3.63) is 42.0 Å². The van der Waals surface area contributed by atoms with Crippen molar-refractivity contribution >= 4 is 10.8 Å². The molecule has 94 valence electrons. The molecule has 0 bridgehead atoms. The minimum absolute atomic E-state index is 0.241. The summed E-state index contributed by atoms with van der Waals surface area (Å²) in [4.78, 5) is 2.30. The monoisotopic (exact) mass is 242 g/mol. The van der Waals surface area contributed by atoms with Gasteiger partial charge in [0.05, 0.1) is 6.04 Å².